The highest BCUT2D eigenvalue weighted by molar-refractivity contribution is 5.67. The molecule has 0 spiro atoms. The van der Waals surface area contributed by atoms with Crippen molar-refractivity contribution in [1.82, 2.24) is 14.5 Å². The standard InChI is InChI=1S/C13H19N3O5/c1-3-21-13(20)15-6-4-9(5-7-15)16-11(18)8(2)10(17)14-12(16)19/h9,18H,3-7H2,1-2H3,(H,14,17,19). The molecule has 0 saturated carbocycles. The van der Waals surface area contributed by atoms with Gasteiger partial charge in [-0.3, -0.25) is 14.3 Å². The van der Waals surface area contributed by atoms with E-state index >= 15 is 0 Å². The number of ether oxygens (including phenoxy) is 1. The van der Waals surface area contributed by atoms with Gasteiger partial charge in [0, 0.05) is 19.1 Å². The maximum Gasteiger partial charge on any atom is 0.409 e. The highest BCUT2D eigenvalue weighted by Gasteiger charge is 2.27. The predicted octanol–water partition coefficient (Wildman–Crippen LogP) is 0.344. The van der Waals surface area contributed by atoms with Gasteiger partial charge in [-0.2, -0.15) is 0 Å². The van der Waals surface area contributed by atoms with E-state index in [0.29, 0.717) is 32.5 Å². The van der Waals surface area contributed by atoms with Crippen molar-refractivity contribution in [2.24, 2.45) is 0 Å². The highest BCUT2D eigenvalue weighted by Crippen LogP contribution is 2.25. The van der Waals surface area contributed by atoms with Crippen molar-refractivity contribution in [3.8, 4) is 5.88 Å². The van der Waals surface area contributed by atoms with E-state index in [1.54, 1.807) is 11.8 Å². The van der Waals surface area contributed by atoms with Crippen LogP contribution in [0, 0.1) is 6.92 Å². The Labute approximate surface area is 121 Å². The molecule has 2 N–H and O–H groups in total. The second-order valence-electron chi connectivity index (χ2n) is 5.00. The Morgan fingerprint density at radius 2 is 2.00 bits per heavy atom. The molecule has 2 heterocycles. The third-order valence-electron chi connectivity index (χ3n) is 3.70. The zero-order valence-corrected chi connectivity index (χ0v) is 12.1. The molecule has 1 aromatic heterocycles. The number of nitrogens with one attached hydrogen (secondary N) is 1. The molecule has 8 heteroatoms. The average Bonchev–Trinajstić information content (AvgIpc) is 2.46. The number of aromatic amines is 1. The zero-order valence-electron chi connectivity index (χ0n) is 12.1. The summed E-state index contributed by atoms with van der Waals surface area (Å²) in [7, 11) is 0. The maximum atomic E-state index is 11.9. The fraction of sp³-hybridized carbons (Fsp3) is 0.615. The van der Waals surface area contributed by atoms with E-state index in [2.05, 4.69) is 4.98 Å². The Morgan fingerprint density at radius 3 is 2.57 bits per heavy atom. The first kappa shape index (κ1) is 15.1. The first-order valence-corrected chi connectivity index (χ1v) is 6.91. The number of rotatable bonds is 2. The number of hydrogen-bond acceptors (Lipinski definition) is 5. The Morgan fingerprint density at radius 1 is 1.38 bits per heavy atom. The van der Waals surface area contributed by atoms with Crippen molar-refractivity contribution in [3.05, 3.63) is 26.4 Å². The lowest BCUT2D eigenvalue weighted by molar-refractivity contribution is 0.0914. The molecule has 1 saturated heterocycles. The van der Waals surface area contributed by atoms with Gasteiger partial charge in [-0.05, 0) is 26.7 Å². The lowest BCUT2D eigenvalue weighted by Gasteiger charge is -2.32. The molecule has 1 amide bonds. The van der Waals surface area contributed by atoms with Crippen LogP contribution in [0.1, 0.15) is 31.4 Å². The lowest BCUT2D eigenvalue weighted by Crippen LogP contribution is -2.42. The van der Waals surface area contributed by atoms with Crippen LogP contribution in [0.2, 0.25) is 0 Å². The smallest absolute Gasteiger partial charge is 0.409 e. The second kappa shape index (κ2) is 6.02. The summed E-state index contributed by atoms with van der Waals surface area (Å²) in [6, 6.07) is -0.251. The quantitative estimate of drug-likeness (QED) is 0.819. The van der Waals surface area contributed by atoms with Gasteiger partial charge in [0.05, 0.1) is 12.2 Å². The van der Waals surface area contributed by atoms with Crippen LogP contribution < -0.4 is 11.2 Å². The molecule has 0 radical (unpaired) electrons. The van der Waals surface area contributed by atoms with Crippen molar-refractivity contribution in [3.63, 3.8) is 0 Å². The minimum absolute atomic E-state index is 0.113. The van der Waals surface area contributed by atoms with E-state index in [0.717, 1.165) is 0 Å². The minimum atomic E-state index is -0.627. The molecule has 116 valence electrons. The van der Waals surface area contributed by atoms with Crippen molar-refractivity contribution >= 4 is 6.09 Å². The molecule has 0 aromatic carbocycles. The number of nitrogens with zero attached hydrogens (tertiary/aromatic N) is 2. The number of aromatic hydroxyl groups is 1. The second-order valence-corrected chi connectivity index (χ2v) is 5.00. The maximum absolute atomic E-state index is 11.9. The van der Waals surface area contributed by atoms with Crippen LogP contribution in [-0.4, -0.2) is 45.3 Å². The van der Waals surface area contributed by atoms with E-state index < -0.39 is 11.2 Å². The van der Waals surface area contributed by atoms with Gasteiger partial charge in [-0.25, -0.2) is 9.59 Å². The number of carbonyl (C=O) groups is 1. The van der Waals surface area contributed by atoms with Crippen LogP contribution in [-0.2, 0) is 4.74 Å². The van der Waals surface area contributed by atoms with Gasteiger partial charge in [0.1, 0.15) is 0 Å². The molecule has 1 aliphatic rings. The molecule has 0 atom stereocenters. The third kappa shape index (κ3) is 2.93. The summed E-state index contributed by atoms with van der Waals surface area (Å²) >= 11 is 0. The topological polar surface area (TPSA) is 105 Å². The molecule has 2 rings (SSSR count). The first-order chi connectivity index (χ1) is 9.95. The van der Waals surface area contributed by atoms with Gasteiger partial charge in [0.2, 0.25) is 5.88 Å². The van der Waals surface area contributed by atoms with Crippen LogP contribution in [0.5, 0.6) is 5.88 Å². The van der Waals surface area contributed by atoms with Crippen LogP contribution in [0.15, 0.2) is 9.59 Å². The van der Waals surface area contributed by atoms with E-state index in [-0.39, 0.29) is 23.6 Å². The number of piperidine rings is 1. The minimum Gasteiger partial charge on any atom is -0.494 e. The van der Waals surface area contributed by atoms with Crippen molar-refractivity contribution < 1.29 is 14.6 Å². The largest absolute Gasteiger partial charge is 0.494 e. The summed E-state index contributed by atoms with van der Waals surface area (Å²) in [5, 5.41) is 10.0. The van der Waals surface area contributed by atoms with Crippen LogP contribution in [0.3, 0.4) is 0 Å². The zero-order chi connectivity index (χ0) is 15.6. The van der Waals surface area contributed by atoms with Gasteiger partial charge >= 0.3 is 11.8 Å². The van der Waals surface area contributed by atoms with Gasteiger partial charge in [-0.15, -0.1) is 0 Å². The summed E-state index contributed by atoms with van der Waals surface area (Å²) < 4.78 is 6.12. The van der Waals surface area contributed by atoms with Gasteiger partial charge in [0.15, 0.2) is 0 Å². The molecule has 0 bridgehead atoms. The van der Waals surface area contributed by atoms with E-state index in [4.69, 9.17) is 4.74 Å². The SMILES string of the molecule is CCOC(=O)N1CCC(n2c(O)c(C)c(=O)[nH]c2=O)CC1. The molecule has 0 unspecified atom stereocenters. The number of H-pyrrole nitrogens is 1. The number of aromatic nitrogens is 2. The Balaban J connectivity index is 2.17. The fourth-order valence-electron chi connectivity index (χ4n) is 2.49. The first-order valence-electron chi connectivity index (χ1n) is 6.91. The number of hydrogen-bond donors (Lipinski definition) is 2. The molecule has 0 aliphatic carbocycles. The number of amides is 1. The molecule has 21 heavy (non-hydrogen) atoms. The molecule has 1 fully saturated rings. The van der Waals surface area contributed by atoms with Gasteiger partial charge < -0.3 is 14.7 Å². The van der Waals surface area contributed by atoms with Crippen LogP contribution in [0.25, 0.3) is 0 Å². The van der Waals surface area contributed by atoms with Gasteiger partial charge in [0.25, 0.3) is 5.56 Å². The van der Waals surface area contributed by atoms with Crippen molar-refractivity contribution in [2.75, 3.05) is 19.7 Å². The average molecular weight is 297 g/mol. The third-order valence-corrected chi connectivity index (χ3v) is 3.70. The lowest BCUT2D eigenvalue weighted by atomic mass is 10.0. The molecule has 8 nitrogen and oxygen atoms in total. The summed E-state index contributed by atoms with van der Waals surface area (Å²) in [5.41, 5.74) is -1.10. The number of likely N-dealkylation sites (tertiary alicyclic amines) is 1. The van der Waals surface area contributed by atoms with Crippen LogP contribution in [0.4, 0.5) is 4.79 Å². The Hall–Kier alpha value is -2.25. The van der Waals surface area contributed by atoms with Gasteiger partial charge in [-0.1, -0.05) is 0 Å². The Bertz CT molecular complexity index is 640. The van der Waals surface area contributed by atoms with Crippen LogP contribution >= 0.6 is 0 Å². The normalized spacial score (nSPS) is 16.0. The summed E-state index contributed by atoms with van der Waals surface area (Å²) in [5.74, 6) is -0.307. The summed E-state index contributed by atoms with van der Waals surface area (Å²) in [6.07, 6.45) is 0.653. The van der Waals surface area contributed by atoms with Crippen molar-refractivity contribution in [2.45, 2.75) is 32.7 Å². The fourth-order valence-corrected chi connectivity index (χ4v) is 2.49. The molecular formula is C13H19N3O5. The monoisotopic (exact) mass is 297 g/mol. The van der Waals surface area contributed by atoms with E-state index in [1.807, 2.05) is 0 Å². The van der Waals surface area contributed by atoms with E-state index in [1.165, 1.54) is 11.5 Å². The molecule has 1 aliphatic heterocycles. The highest BCUT2D eigenvalue weighted by atomic mass is 16.6. The van der Waals surface area contributed by atoms with Crippen molar-refractivity contribution in [1.29, 1.82) is 0 Å². The van der Waals surface area contributed by atoms with E-state index in [9.17, 15) is 19.5 Å². The molecular weight excluding hydrogens is 278 g/mol. The predicted molar refractivity (Wildman–Crippen MR) is 74.6 cm³/mol. The summed E-state index contributed by atoms with van der Waals surface area (Å²) in [4.78, 5) is 38.7. The summed E-state index contributed by atoms with van der Waals surface area (Å²) in [6.45, 7) is 4.39. The number of carbonyl (C=O) groups excluding carboxylic acids is 1. The Kier molecular flexibility index (Phi) is 4.35. The molecule has 1 aromatic rings.